The predicted molar refractivity (Wildman–Crippen MR) is 91.3 cm³/mol. The first-order valence-corrected chi connectivity index (χ1v) is 7.47. The molecule has 2 heterocycles. The van der Waals surface area contributed by atoms with Crippen molar-refractivity contribution in [2.45, 2.75) is 0 Å². The summed E-state index contributed by atoms with van der Waals surface area (Å²) in [5.74, 6) is 0.786. The van der Waals surface area contributed by atoms with Gasteiger partial charge in [-0.1, -0.05) is 48.5 Å². The Labute approximate surface area is 133 Å². The monoisotopic (exact) mass is 301 g/mol. The number of carbonyl (C=O) groups is 1. The van der Waals surface area contributed by atoms with Gasteiger partial charge in [0.05, 0.1) is 18.0 Å². The molecule has 0 unspecified atom stereocenters. The summed E-state index contributed by atoms with van der Waals surface area (Å²) in [6, 6.07) is 21.1. The zero-order chi connectivity index (χ0) is 15.8. The molecule has 0 aliphatic rings. The maximum atomic E-state index is 13.1. The van der Waals surface area contributed by atoms with Crippen LogP contribution in [0.3, 0.4) is 0 Å². The lowest BCUT2D eigenvalue weighted by molar-refractivity contribution is 0.103. The van der Waals surface area contributed by atoms with Crippen LogP contribution in [0.5, 0.6) is 5.75 Å². The summed E-state index contributed by atoms with van der Waals surface area (Å²) >= 11 is 0. The summed E-state index contributed by atoms with van der Waals surface area (Å²) in [4.78, 5) is 13.1. The van der Waals surface area contributed by atoms with E-state index in [1.165, 1.54) is 0 Å². The number of methoxy groups -OCH3 is 1. The van der Waals surface area contributed by atoms with E-state index in [9.17, 15) is 4.79 Å². The summed E-state index contributed by atoms with van der Waals surface area (Å²) in [6.45, 7) is 0. The summed E-state index contributed by atoms with van der Waals surface area (Å²) in [5.41, 5.74) is 2.32. The number of carbonyl (C=O) groups excluding carboxylic acids is 1. The maximum absolute atomic E-state index is 13.1. The highest BCUT2D eigenvalue weighted by molar-refractivity contribution is 6.20. The van der Waals surface area contributed by atoms with E-state index in [4.69, 9.17) is 4.74 Å². The quantitative estimate of drug-likeness (QED) is 0.527. The summed E-state index contributed by atoms with van der Waals surface area (Å²) in [6.07, 6.45) is 1.92. The first kappa shape index (κ1) is 13.6. The van der Waals surface area contributed by atoms with Gasteiger partial charge in [-0.2, -0.15) is 0 Å². The fourth-order valence-electron chi connectivity index (χ4n) is 3.09. The van der Waals surface area contributed by atoms with Gasteiger partial charge in [-0.25, -0.2) is 0 Å². The molecule has 0 fully saturated rings. The van der Waals surface area contributed by atoms with Crippen LogP contribution in [-0.2, 0) is 0 Å². The van der Waals surface area contributed by atoms with Crippen molar-refractivity contribution in [3.05, 3.63) is 84.2 Å². The molecular formula is C20H15NO2. The Morgan fingerprint density at radius 1 is 0.913 bits per heavy atom. The van der Waals surface area contributed by atoms with Crippen molar-refractivity contribution in [1.29, 1.82) is 0 Å². The third kappa shape index (κ3) is 2.01. The van der Waals surface area contributed by atoms with E-state index >= 15 is 0 Å². The standard InChI is InChI=1S/C20H15NO2/c1-23-17-12-7-10-15-18(17)16-11-5-6-13-21(16)19(15)20(22)14-8-3-2-4-9-14/h2-13H,1H3. The largest absolute Gasteiger partial charge is 0.496 e. The first-order chi connectivity index (χ1) is 11.3. The normalized spacial score (nSPS) is 11.0. The second-order valence-electron chi connectivity index (χ2n) is 5.38. The predicted octanol–water partition coefficient (Wildman–Crippen LogP) is 4.33. The van der Waals surface area contributed by atoms with Gasteiger partial charge in [-0.15, -0.1) is 0 Å². The van der Waals surface area contributed by atoms with Crippen LogP contribution in [0.15, 0.2) is 72.9 Å². The lowest BCUT2D eigenvalue weighted by atomic mass is 10.0. The van der Waals surface area contributed by atoms with Crippen LogP contribution in [0, 0.1) is 0 Å². The highest BCUT2D eigenvalue weighted by Gasteiger charge is 2.20. The van der Waals surface area contributed by atoms with Crippen molar-refractivity contribution < 1.29 is 9.53 Å². The SMILES string of the molecule is COc1cccc2c(C(=O)c3ccccc3)n3ccccc3c12. The highest BCUT2D eigenvalue weighted by atomic mass is 16.5. The zero-order valence-corrected chi connectivity index (χ0v) is 12.7. The van der Waals surface area contributed by atoms with Gasteiger partial charge in [-0.05, 0) is 18.2 Å². The molecule has 2 aromatic carbocycles. The second-order valence-corrected chi connectivity index (χ2v) is 5.38. The number of hydrogen-bond donors (Lipinski definition) is 0. The molecular weight excluding hydrogens is 286 g/mol. The van der Waals surface area contributed by atoms with E-state index in [0.29, 0.717) is 11.3 Å². The molecule has 3 nitrogen and oxygen atoms in total. The van der Waals surface area contributed by atoms with Gasteiger partial charge in [0.1, 0.15) is 11.4 Å². The third-order valence-corrected chi connectivity index (χ3v) is 4.11. The van der Waals surface area contributed by atoms with E-state index in [-0.39, 0.29) is 5.78 Å². The minimum absolute atomic E-state index is 0.00931. The summed E-state index contributed by atoms with van der Waals surface area (Å²) in [5, 5.41) is 1.87. The Balaban J connectivity index is 2.11. The van der Waals surface area contributed by atoms with Crippen molar-refractivity contribution in [3.63, 3.8) is 0 Å². The molecule has 0 spiro atoms. The molecule has 0 atom stereocenters. The first-order valence-electron chi connectivity index (χ1n) is 7.47. The minimum Gasteiger partial charge on any atom is -0.496 e. The number of rotatable bonds is 3. The Morgan fingerprint density at radius 2 is 1.70 bits per heavy atom. The van der Waals surface area contributed by atoms with E-state index in [0.717, 1.165) is 22.0 Å². The number of fused-ring (bicyclic) bond motifs is 3. The van der Waals surface area contributed by atoms with Crippen LogP contribution in [-0.4, -0.2) is 17.3 Å². The summed E-state index contributed by atoms with van der Waals surface area (Å²) < 4.78 is 7.46. The number of hydrogen-bond acceptors (Lipinski definition) is 2. The van der Waals surface area contributed by atoms with Gasteiger partial charge < -0.3 is 9.14 Å². The Bertz CT molecular complexity index is 1020. The minimum atomic E-state index is 0.00931. The fourth-order valence-corrected chi connectivity index (χ4v) is 3.09. The second kappa shape index (κ2) is 5.29. The van der Waals surface area contributed by atoms with Crippen molar-refractivity contribution >= 4 is 22.1 Å². The molecule has 0 N–H and O–H groups in total. The van der Waals surface area contributed by atoms with Crippen LogP contribution in [0.1, 0.15) is 16.1 Å². The van der Waals surface area contributed by atoms with Gasteiger partial charge in [0.25, 0.3) is 0 Å². The molecule has 23 heavy (non-hydrogen) atoms. The maximum Gasteiger partial charge on any atom is 0.210 e. The number of nitrogens with zero attached hydrogens (tertiary/aromatic N) is 1. The molecule has 0 saturated heterocycles. The van der Waals surface area contributed by atoms with Crippen molar-refractivity contribution in [2.75, 3.05) is 7.11 Å². The molecule has 3 heteroatoms. The molecule has 0 aliphatic carbocycles. The summed E-state index contributed by atoms with van der Waals surface area (Å²) in [7, 11) is 1.65. The van der Waals surface area contributed by atoms with Gasteiger partial charge in [-0.3, -0.25) is 4.79 Å². The van der Waals surface area contributed by atoms with Crippen molar-refractivity contribution in [1.82, 2.24) is 4.40 Å². The van der Waals surface area contributed by atoms with Crippen LogP contribution in [0.25, 0.3) is 16.3 Å². The Kier molecular flexibility index (Phi) is 3.12. The molecule has 0 bridgehead atoms. The lowest BCUT2D eigenvalue weighted by Gasteiger charge is -2.03. The molecule has 4 rings (SSSR count). The van der Waals surface area contributed by atoms with Crippen LogP contribution in [0.4, 0.5) is 0 Å². The Morgan fingerprint density at radius 3 is 2.48 bits per heavy atom. The van der Waals surface area contributed by atoms with E-state index in [1.54, 1.807) is 7.11 Å². The topological polar surface area (TPSA) is 30.7 Å². The molecule has 0 radical (unpaired) electrons. The van der Waals surface area contributed by atoms with Crippen LogP contribution < -0.4 is 4.74 Å². The Hall–Kier alpha value is -3.07. The lowest BCUT2D eigenvalue weighted by Crippen LogP contribution is -2.05. The number of ether oxygens (including phenoxy) is 1. The zero-order valence-electron chi connectivity index (χ0n) is 12.7. The van der Waals surface area contributed by atoms with Gasteiger partial charge in [0.2, 0.25) is 5.78 Å². The number of benzene rings is 2. The molecule has 0 amide bonds. The third-order valence-electron chi connectivity index (χ3n) is 4.11. The molecule has 0 saturated carbocycles. The van der Waals surface area contributed by atoms with Gasteiger partial charge >= 0.3 is 0 Å². The molecule has 4 aromatic rings. The highest BCUT2D eigenvalue weighted by Crippen LogP contribution is 2.35. The molecule has 112 valence electrons. The van der Waals surface area contributed by atoms with E-state index in [1.807, 2.05) is 77.3 Å². The molecule has 0 aliphatic heterocycles. The molecule has 2 aromatic heterocycles. The smallest absolute Gasteiger partial charge is 0.210 e. The average molecular weight is 301 g/mol. The number of aromatic nitrogens is 1. The average Bonchev–Trinajstić information content (AvgIpc) is 2.96. The van der Waals surface area contributed by atoms with Gasteiger partial charge in [0.15, 0.2) is 0 Å². The van der Waals surface area contributed by atoms with Crippen LogP contribution >= 0.6 is 0 Å². The van der Waals surface area contributed by atoms with Gasteiger partial charge in [0, 0.05) is 17.1 Å². The number of pyridine rings is 1. The van der Waals surface area contributed by atoms with E-state index in [2.05, 4.69) is 0 Å². The van der Waals surface area contributed by atoms with Crippen LogP contribution in [0.2, 0.25) is 0 Å². The fraction of sp³-hybridized carbons (Fsp3) is 0.0500. The van der Waals surface area contributed by atoms with E-state index < -0.39 is 0 Å². The number of ketones is 1. The van der Waals surface area contributed by atoms with Crippen molar-refractivity contribution in [2.24, 2.45) is 0 Å². The van der Waals surface area contributed by atoms with Crippen molar-refractivity contribution in [3.8, 4) is 5.75 Å².